The van der Waals surface area contributed by atoms with Crippen LogP contribution in [0.5, 0.6) is 0 Å². The molecule has 0 aromatic rings. The Morgan fingerprint density at radius 2 is 1.44 bits per heavy atom. The average molecular weight is 421 g/mol. The maximum absolute atomic E-state index is 9.99. The number of allylic oxidation sites excluding steroid dienone is 2. The Hall–Kier alpha value is 0.0700. The fourth-order valence-corrected chi connectivity index (χ4v) is 4.45. The van der Waals surface area contributed by atoms with Crippen LogP contribution < -0.4 is 0 Å². The lowest BCUT2D eigenvalue weighted by Crippen LogP contribution is -2.01. The number of hydrogen-bond acceptors (Lipinski definition) is 4. The van der Waals surface area contributed by atoms with Gasteiger partial charge in [-0.15, -0.1) is 4.67 Å². The van der Waals surface area contributed by atoms with Crippen LogP contribution in [-0.4, -0.2) is 11.5 Å². The van der Waals surface area contributed by atoms with Crippen molar-refractivity contribution in [1.82, 2.24) is 0 Å². The van der Waals surface area contributed by atoms with Gasteiger partial charge < -0.3 is 9.42 Å². The molecule has 0 aromatic carbocycles. The zero-order valence-corrected chi connectivity index (χ0v) is 19.0. The molecule has 0 radical (unpaired) electrons. The molecule has 6 heteroatoms. The van der Waals surface area contributed by atoms with Gasteiger partial charge in [0.15, 0.2) is 0 Å². The summed E-state index contributed by atoms with van der Waals surface area (Å²) in [4.78, 5) is 15.1. The number of hydrogen-bond donors (Lipinski definition) is 1. The van der Waals surface area contributed by atoms with Crippen molar-refractivity contribution >= 4 is 18.5 Å². The van der Waals surface area contributed by atoms with Crippen molar-refractivity contribution in [1.29, 1.82) is 0 Å². The lowest BCUT2D eigenvalue weighted by Gasteiger charge is -2.19. The van der Waals surface area contributed by atoms with Crippen LogP contribution in [-0.2, 0) is 25.9 Å². The van der Waals surface area contributed by atoms with Gasteiger partial charge in [-0.25, -0.2) is 4.89 Å². The van der Waals surface area contributed by atoms with Crippen molar-refractivity contribution in [2.24, 2.45) is 0 Å². The van der Waals surface area contributed by atoms with Crippen LogP contribution in [0, 0.1) is 0 Å². The first-order chi connectivity index (χ1) is 13.1. The Balaban J connectivity index is 1.83. The van der Waals surface area contributed by atoms with E-state index in [1.54, 1.807) is 0 Å². The van der Waals surface area contributed by atoms with Crippen LogP contribution in [0.15, 0.2) is 11.8 Å². The molecule has 1 unspecified atom stereocenters. The molecular formula is C21H41O4PS. The van der Waals surface area contributed by atoms with Crippen molar-refractivity contribution in [3.8, 4) is 0 Å². The summed E-state index contributed by atoms with van der Waals surface area (Å²) in [5, 5.41) is 0. The Kier molecular flexibility index (Phi) is 15.8. The molecular weight excluding hydrogens is 379 g/mol. The van der Waals surface area contributed by atoms with E-state index in [4.69, 9.17) is 25.9 Å². The molecule has 1 aliphatic rings. The van der Waals surface area contributed by atoms with Gasteiger partial charge in [0, 0.05) is 18.2 Å². The van der Waals surface area contributed by atoms with Crippen molar-refractivity contribution in [3.63, 3.8) is 0 Å². The highest BCUT2D eigenvalue weighted by Gasteiger charge is 2.20. The van der Waals surface area contributed by atoms with E-state index in [1.165, 1.54) is 70.6 Å². The van der Waals surface area contributed by atoms with E-state index in [2.05, 4.69) is 6.92 Å². The fraction of sp³-hybridized carbons (Fsp3) is 0.905. The second-order valence-electron chi connectivity index (χ2n) is 7.62. The van der Waals surface area contributed by atoms with Crippen LogP contribution in [0.2, 0.25) is 0 Å². The maximum Gasteiger partial charge on any atom is 0.405 e. The number of rotatable bonds is 18. The topological polar surface area (TPSA) is 47.9 Å². The quantitative estimate of drug-likeness (QED) is 0.106. The SMILES string of the molecule is CCCCCCCCCCCCCCCOOP(O)(=S)OC1=CCCCC1. The third-order valence-electron chi connectivity index (χ3n) is 4.96. The molecule has 27 heavy (non-hydrogen) atoms. The van der Waals surface area contributed by atoms with E-state index in [-0.39, 0.29) is 0 Å². The summed E-state index contributed by atoms with van der Waals surface area (Å²) in [5.41, 5.74) is 0. The zero-order chi connectivity index (χ0) is 19.6. The first kappa shape index (κ1) is 25.1. The number of unbranched alkanes of at least 4 members (excludes halogenated alkanes) is 12. The molecule has 0 saturated heterocycles. The van der Waals surface area contributed by atoms with Crippen LogP contribution in [0.3, 0.4) is 0 Å². The molecule has 1 N–H and O–H groups in total. The van der Waals surface area contributed by atoms with E-state index < -0.39 is 6.72 Å². The summed E-state index contributed by atoms with van der Waals surface area (Å²) in [6.45, 7) is -0.579. The van der Waals surface area contributed by atoms with E-state index in [1.807, 2.05) is 6.08 Å². The van der Waals surface area contributed by atoms with Gasteiger partial charge in [0.1, 0.15) is 5.76 Å². The first-order valence-electron chi connectivity index (χ1n) is 11.2. The fourth-order valence-electron chi connectivity index (χ4n) is 3.34. The molecule has 0 aromatic heterocycles. The standard InChI is InChI=1S/C21H41O4PS/c1-2-3-4-5-6-7-8-9-10-11-12-13-17-20-23-25-26(22,27)24-21-18-15-14-16-19-21/h18H,2-17,19-20H2,1H3,(H,22,27). The van der Waals surface area contributed by atoms with Gasteiger partial charge in [-0.3, -0.25) is 0 Å². The van der Waals surface area contributed by atoms with Gasteiger partial charge in [-0.1, -0.05) is 84.0 Å². The van der Waals surface area contributed by atoms with E-state index >= 15 is 0 Å². The third kappa shape index (κ3) is 15.6. The molecule has 0 aliphatic heterocycles. The molecule has 4 nitrogen and oxygen atoms in total. The van der Waals surface area contributed by atoms with Gasteiger partial charge in [0.25, 0.3) is 0 Å². The monoisotopic (exact) mass is 420 g/mol. The predicted octanol–water partition coefficient (Wildman–Crippen LogP) is 7.72. The molecule has 0 spiro atoms. The summed E-state index contributed by atoms with van der Waals surface area (Å²) in [5.74, 6) is 0.747. The molecule has 0 saturated carbocycles. The predicted molar refractivity (Wildman–Crippen MR) is 117 cm³/mol. The summed E-state index contributed by atoms with van der Waals surface area (Å²) in [6, 6.07) is 0. The normalized spacial score (nSPS) is 16.7. The summed E-state index contributed by atoms with van der Waals surface area (Å²) in [7, 11) is 0. The molecule has 1 aliphatic carbocycles. The molecule has 0 fully saturated rings. The first-order valence-corrected chi connectivity index (χ1v) is 13.8. The maximum atomic E-state index is 9.99. The van der Waals surface area contributed by atoms with E-state index in [9.17, 15) is 4.89 Å². The molecule has 0 amide bonds. The lowest BCUT2D eigenvalue weighted by molar-refractivity contribution is -0.215. The van der Waals surface area contributed by atoms with Crippen LogP contribution >= 0.6 is 6.72 Å². The highest BCUT2D eigenvalue weighted by Crippen LogP contribution is 2.47. The van der Waals surface area contributed by atoms with Crippen molar-refractivity contribution < 1.29 is 19.0 Å². The van der Waals surface area contributed by atoms with E-state index in [0.29, 0.717) is 6.61 Å². The summed E-state index contributed by atoms with van der Waals surface area (Å²) < 4.78 is 10.4. The van der Waals surface area contributed by atoms with Crippen molar-refractivity contribution in [2.75, 3.05) is 6.61 Å². The Morgan fingerprint density at radius 1 is 0.889 bits per heavy atom. The molecule has 0 bridgehead atoms. The van der Waals surface area contributed by atoms with Gasteiger partial charge in [0.05, 0.1) is 6.61 Å². The largest absolute Gasteiger partial charge is 0.428 e. The van der Waals surface area contributed by atoms with Gasteiger partial charge in [-0.05, 0) is 31.8 Å². The average Bonchev–Trinajstić information content (AvgIpc) is 2.65. The summed E-state index contributed by atoms with van der Waals surface area (Å²) >= 11 is 4.98. The smallest absolute Gasteiger partial charge is 0.405 e. The minimum atomic E-state index is -3.30. The Bertz CT molecular complexity index is 428. The van der Waals surface area contributed by atoms with Gasteiger partial charge in [-0.2, -0.15) is 0 Å². The van der Waals surface area contributed by atoms with Crippen LogP contribution in [0.25, 0.3) is 0 Å². The molecule has 1 rings (SSSR count). The van der Waals surface area contributed by atoms with Crippen molar-refractivity contribution in [2.45, 2.75) is 116 Å². The van der Waals surface area contributed by atoms with E-state index in [0.717, 1.165) is 44.3 Å². The third-order valence-corrected chi connectivity index (χ3v) is 6.13. The zero-order valence-electron chi connectivity index (χ0n) is 17.3. The second-order valence-corrected chi connectivity index (χ2v) is 10.3. The highest BCUT2D eigenvalue weighted by atomic mass is 32.5. The van der Waals surface area contributed by atoms with Crippen molar-refractivity contribution in [3.05, 3.63) is 11.8 Å². The Labute approximate surface area is 172 Å². The minimum absolute atomic E-state index is 0.457. The molecule has 1 atom stereocenters. The summed E-state index contributed by atoms with van der Waals surface area (Å²) in [6.07, 6.45) is 23.1. The van der Waals surface area contributed by atoms with Gasteiger partial charge >= 0.3 is 6.72 Å². The molecule has 0 heterocycles. The van der Waals surface area contributed by atoms with Crippen LogP contribution in [0.1, 0.15) is 116 Å². The van der Waals surface area contributed by atoms with Crippen LogP contribution in [0.4, 0.5) is 0 Å². The molecule has 160 valence electrons. The lowest BCUT2D eigenvalue weighted by atomic mass is 10.0. The minimum Gasteiger partial charge on any atom is -0.428 e. The Morgan fingerprint density at radius 3 is 1.96 bits per heavy atom. The van der Waals surface area contributed by atoms with Gasteiger partial charge in [0.2, 0.25) is 0 Å². The highest BCUT2D eigenvalue weighted by molar-refractivity contribution is 8.07. The second kappa shape index (κ2) is 17.0.